The topological polar surface area (TPSA) is 50.2 Å². The number of likely N-dealkylation sites (tertiary alicyclic amines) is 1. The van der Waals surface area contributed by atoms with Crippen LogP contribution in [0.25, 0.3) is 5.69 Å². The van der Waals surface area contributed by atoms with Gasteiger partial charge in [0.25, 0.3) is 0 Å². The molecule has 5 rings (SSSR count). The number of carbonyl (C=O) groups excluding carboxylic acids is 1. The molecule has 170 valence electrons. The van der Waals surface area contributed by atoms with Gasteiger partial charge < -0.3 is 5.32 Å². The minimum absolute atomic E-state index is 0.214. The summed E-state index contributed by atoms with van der Waals surface area (Å²) in [5.41, 5.74) is 3.79. The summed E-state index contributed by atoms with van der Waals surface area (Å²) in [4.78, 5) is 15.1. The summed E-state index contributed by atoms with van der Waals surface area (Å²) in [5.74, 6) is 0.249. The van der Waals surface area contributed by atoms with Crippen LogP contribution >= 0.6 is 0 Å². The lowest BCUT2D eigenvalue weighted by molar-refractivity contribution is -0.123. The molecule has 0 bridgehead atoms. The first kappa shape index (κ1) is 21.4. The second-order valence-corrected chi connectivity index (χ2v) is 9.81. The van der Waals surface area contributed by atoms with Crippen molar-refractivity contribution in [2.45, 2.75) is 57.9 Å². The van der Waals surface area contributed by atoms with E-state index in [4.69, 9.17) is 0 Å². The lowest BCUT2D eigenvalue weighted by atomic mass is 9.90. The van der Waals surface area contributed by atoms with Gasteiger partial charge in [0.15, 0.2) is 0 Å². The molecule has 1 aliphatic heterocycles. The van der Waals surface area contributed by atoms with Gasteiger partial charge in [-0.2, -0.15) is 5.10 Å². The van der Waals surface area contributed by atoms with E-state index >= 15 is 0 Å². The van der Waals surface area contributed by atoms with Crippen molar-refractivity contribution >= 4 is 5.91 Å². The zero-order valence-electron chi connectivity index (χ0n) is 18.7. The molecule has 1 spiro atoms. The number of allylic oxidation sites excluding steroid dienone is 1. The number of hydrogen-bond acceptors (Lipinski definition) is 3. The van der Waals surface area contributed by atoms with Crippen molar-refractivity contribution in [2.24, 2.45) is 11.3 Å². The van der Waals surface area contributed by atoms with Gasteiger partial charge in [-0.05, 0) is 94.1 Å². The number of rotatable bonds is 7. The third-order valence-electron chi connectivity index (χ3n) is 7.62. The van der Waals surface area contributed by atoms with Gasteiger partial charge in [-0.25, -0.2) is 9.07 Å². The Hall–Kier alpha value is -2.47. The number of benzene rings is 1. The van der Waals surface area contributed by atoms with Crippen molar-refractivity contribution in [3.63, 3.8) is 0 Å². The van der Waals surface area contributed by atoms with Crippen LogP contribution in [-0.4, -0.2) is 40.2 Å². The summed E-state index contributed by atoms with van der Waals surface area (Å²) in [7, 11) is 0. The van der Waals surface area contributed by atoms with Gasteiger partial charge in [0.1, 0.15) is 5.82 Å². The zero-order chi connectivity index (χ0) is 22.0. The molecule has 0 unspecified atom stereocenters. The Kier molecular flexibility index (Phi) is 6.13. The summed E-state index contributed by atoms with van der Waals surface area (Å²) >= 11 is 0. The SMILES string of the molecule is O=C(NCCC1=CCCCC1)[C@H]1CC12CCN(Cc1cnn(-c3ccc(F)cc3)c1)CC2. The molecule has 1 aromatic carbocycles. The highest BCUT2D eigenvalue weighted by molar-refractivity contribution is 5.82. The average molecular weight is 437 g/mol. The first-order valence-electron chi connectivity index (χ1n) is 12.1. The monoisotopic (exact) mass is 436 g/mol. The van der Waals surface area contributed by atoms with Gasteiger partial charge in [0.2, 0.25) is 5.91 Å². The molecular formula is C26H33FN4O. The number of carbonyl (C=O) groups is 1. The van der Waals surface area contributed by atoms with Crippen LogP contribution < -0.4 is 5.32 Å². The largest absolute Gasteiger partial charge is 0.356 e. The van der Waals surface area contributed by atoms with Crippen LogP contribution in [0.2, 0.25) is 0 Å². The minimum atomic E-state index is -0.239. The molecule has 1 saturated heterocycles. The molecule has 1 aromatic heterocycles. The fourth-order valence-corrected chi connectivity index (χ4v) is 5.46. The van der Waals surface area contributed by atoms with Gasteiger partial charge in [0, 0.05) is 30.8 Å². The van der Waals surface area contributed by atoms with Gasteiger partial charge >= 0.3 is 0 Å². The quantitative estimate of drug-likeness (QED) is 0.645. The Labute approximate surface area is 189 Å². The Bertz CT molecular complexity index is 972. The van der Waals surface area contributed by atoms with E-state index in [1.807, 2.05) is 12.4 Å². The fraction of sp³-hybridized carbons (Fsp3) is 0.538. The molecular weight excluding hydrogens is 403 g/mol. The van der Waals surface area contributed by atoms with E-state index < -0.39 is 0 Å². The third-order valence-corrected chi connectivity index (χ3v) is 7.62. The fourth-order valence-electron chi connectivity index (χ4n) is 5.46. The number of halogens is 1. The van der Waals surface area contributed by atoms with Crippen molar-refractivity contribution < 1.29 is 9.18 Å². The van der Waals surface area contributed by atoms with Crippen LogP contribution in [0.1, 0.15) is 56.9 Å². The molecule has 1 N–H and O–H groups in total. The molecule has 2 aromatic rings. The van der Waals surface area contributed by atoms with Crippen LogP contribution in [0.4, 0.5) is 4.39 Å². The standard InChI is InChI=1S/C26H33FN4O/c27-22-6-8-23(9-7-22)31-19-21(17-29-31)18-30-14-11-26(12-15-30)16-24(26)25(32)28-13-10-20-4-2-1-3-5-20/h4,6-9,17,19,24H,1-3,5,10-16,18H2,(H,28,32)/t24-/m1/s1. The molecule has 2 fully saturated rings. The summed E-state index contributed by atoms with van der Waals surface area (Å²) in [6, 6.07) is 6.38. The van der Waals surface area contributed by atoms with E-state index in [0.29, 0.717) is 0 Å². The Balaban J connectivity index is 1.06. The van der Waals surface area contributed by atoms with Crippen molar-refractivity contribution in [1.82, 2.24) is 20.0 Å². The number of aromatic nitrogens is 2. The van der Waals surface area contributed by atoms with Gasteiger partial charge in [-0.3, -0.25) is 9.69 Å². The maximum absolute atomic E-state index is 13.1. The molecule has 5 nitrogen and oxygen atoms in total. The minimum Gasteiger partial charge on any atom is -0.356 e. The van der Waals surface area contributed by atoms with Crippen LogP contribution in [0.5, 0.6) is 0 Å². The lowest BCUT2D eigenvalue weighted by Gasteiger charge is -2.32. The molecule has 1 atom stereocenters. The number of piperidine rings is 1. The molecule has 32 heavy (non-hydrogen) atoms. The number of amides is 1. The highest BCUT2D eigenvalue weighted by atomic mass is 19.1. The maximum atomic E-state index is 13.1. The third kappa shape index (κ3) is 4.80. The number of hydrogen-bond donors (Lipinski definition) is 1. The highest BCUT2D eigenvalue weighted by Crippen LogP contribution is 2.59. The van der Waals surface area contributed by atoms with Crippen LogP contribution in [0.3, 0.4) is 0 Å². The van der Waals surface area contributed by atoms with Crippen LogP contribution in [0.15, 0.2) is 48.3 Å². The smallest absolute Gasteiger partial charge is 0.223 e. The summed E-state index contributed by atoms with van der Waals surface area (Å²) in [6.45, 7) is 3.71. The molecule has 0 radical (unpaired) electrons. The molecule has 1 saturated carbocycles. The summed E-state index contributed by atoms with van der Waals surface area (Å²) < 4.78 is 14.9. The Morgan fingerprint density at radius 1 is 1.19 bits per heavy atom. The van der Waals surface area contributed by atoms with E-state index in [1.54, 1.807) is 16.8 Å². The predicted molar refractivity (Wildman–Crippen MR) is 123 cm³/mol. The highest BCUT2D eigenvalue weighted by Gasteiger charge is 2.58. The summed E-state index contributed by atoms with van der Waals surface area (Å²) in [5, 5.41) is 7.64. The van der Waals surface area contributed by atoms with E-state index in [9.17, 15) is 9.18 Å². The van der Waals surface area contributed by atoms with Gasteiger partial charge in [-0.15, -0.1) is 0 Å². The first-order chi connectivity index (χ1) is 15.6. The van der Waals surface area contributed by atoms with Crippen molar-refractivity contribution in [2.75, 3.05) is 19.6 Å². The van der Waals surface area contributed by atoms with Crippen molar-refractivity contribution in [3.8, 4) is 5.69 Å². The van der Waals surface area contributed by atoms with Crippen LogP contribution in [0, 0.1) is 17.2 Å². The van der Waals surface area contributed by atoms with Gasteiger partial charge in [0.05, 0.1) is 11.9 Å². The van der Waals surface area contributed by atoms with E-state index in [0.717, 1.165) is 63.1 Å². The maximum Gasteiger partial charge on any atom is 0.223 e. The number of nitrogens with zero attached hydrogens (tertiary/aromatic N) is 3. The normalized spacial score (nSPS) is 22.5. The van der Waals surface area contributed by atoms with E-state index in [1.165, 1.54) is 43.4 Å². The van der Waals surface area contributed by atoms with E-state index in [2.05, 4.69) is 21.4 Å². The predicted octanol–water partition coefficient (Wildman–Crippen LogP) is 4.62. The number of nitrogens with one attached hydrogen (secondary N) is 1. The van der Waals surface area contributed by atoms with Crippen molar-refractivity contribution in [3.05, 3.63) is 59.7 Å². The summed E-state index contributed by atoms with van der Waals surface area (Å²) in [6.07, 6.45) is 15.6. The van der Waals surface area contributed by atoms with E-state index in [-0.39, 0.29) is 23.1 Å². The van der Waals surface area contributed by atoms with Crippen molar-refractivity contribution in [1.29, 1.82) is 0 Å². The average Bonchev–Trinajstić information content (AvgIpc) is 3.32. The molecule has 6 heteroatoms. The molecule has 2 heterocycles. The van der Waals surface area contributed by atoms with Gasteiger partial charge in [-0.1, -0.05) is 11.6 Å². The molecule has 2 aliphatic carbocycles. The molecule has 1 amide bonds. The molecule has 3 aliphatic rings. The first-order valence-corrected chi connectivity index (χ1v) is 12.1. The zero-order valence-corrected chi connectivity index (χ0v) is 18.7. The lowest BCUT2D eigenvalue weighted by Crippen LogP contribution is -2.36. The second kappa shape index (κ2) is 9.18. The Morgan fingerprint density at radius 3 is 2.75 bits per heavy atom. The van der Waals surface area contributed by atoms with Crippen LogP contribution in [-0.2, 0) is 11.3 Å². The second-order valence-electron chi connectivity index (χ2n) is 9.81. The Morgan fingerprint density at radius 2 is 2.00 bits per heavy atom.